The molecule has 3 heteroatoms. The van der Waals surface area contributed by atoms with Crippen LogP contribution >= 0.6 is 0 Å². The highest BCUT2D eigenvalue weighted by atomic mass is 16.6. The van der Waals surface area contributed by atoms with Gasteiger partial charge in [-0.2, -0.15) is 0 Å². The third kappa shape index (κ3) is 2.82. The summed E-state index contributed by atoms with van der Waals surface area (Å²) >= 11 is 0. The van der Waals surface area contributed by atoms with Gasteiger partial charge in [-0.1, -0.05) is 33.1 Å². The molecule has 4 aliphatic carbocycles. The van der Waals surface area contributed by atoms with Crippen LogP contribution < -0.4 is 0 Å². The molecule has 0 aromatic carbocycles. The summed E-state index contributed by atoms with van der Waals surface area (Å²) in [6.45, 7) is 17.6. The van der Waals surface area contributed by atoms with Gasteiger partial charge in [-0.3, -0.25) is 0 Å². The Balaban J connectivity index is 1.93. The van der Waals surface area contributed by atoms with Crippen molar-refractivity contribution in [2.24, 2.45) is 11.3 Å². The van der Waals surface area contributed by atoms with Crippen molar-refractivity contribution in [1.82, 2.24) is 0 Å². The topological polar surface area (TPSA) is 35.5 Å². The van der Waals surface area contributed by atoms with Crippen LogP contribution in [0.15, 0.2) is 36.6 Å². The molecule has 0 spiro atoms. The molecule has 0 saturated heterocycles. The minimum atomic E-state index is -0.402. The van der Waals surface area contributed by atoms with Crippen molar-refractivity contribution in [2.45, 2.75) is 76.9 Å². The zero-order valence-corrected chi connectivity index (χ0v) is 15.4. The number of carbonyl (C=O) groups is 1. The number of hydrogen-bond acceptors (Lipinski definition) is 3. The molecule has 4 atom stereocenters. The van der Waals surface area contributed by atoms with Crippen molar-refractivity contribution in [3.8, 4) is 0 Å². The van der Waals surface area contributed by atoms with Crippen LogP contribution in [0, 0.1) is 11.3 Å². The summed E-state index contributed by atoms with van der Waals surface area (Å²) < 4.78 is 12.4. The molecule has 4 rings (SSSR count). The van der Waals surface area contributed by atoms with Gasteiger partial charge in [0.25, 0.3) is 0 Å². The highest BCUT2D eigenvalue weighted by Crippen LogP contribution is 2.66. The summed E-state index contributed by atoms with van der Waals surface area (Å²) in [5, 5.41) is 0. The van der Waals surface area contributed by atoms with Crippen LogP contribution in [0.3, 0.4) is 0 Å². The lowest BCUT2D eigenvalue weighted by Gasteiger charge is -2.65. The number of allylic oxidation sites excluding steroid dienone is 1. The molecule has 4 bridgehead atoms. The summed E-state index contributed by atoms with van der Waals surface area (Å²) in [7, 11) is 0. The molecule has 4 saturated carbocycles. The van der Waals surface area contributed by atoms with Gasteiger partial charge in [0.2, 0.25) is 0 Å². The molecule has 2 unspecified atom stereocenters. The van der Waals surface area contributed by atoms with E-state index in [1.165, 1.54) is 6.42 Å². The molecule has 4 aliphatic rings. The van der Waals surface area contributed by atoms with Gasteiger partial charge in [-0.05, 0) is 62.9 Å². The van der Waals surface area contributed by atoms with E-state index >= 15 is 0 Å². The molecule has 0 heterocycles. The lowest BCUT2D eigenvalue weighted by molar-refractivity contribution is -0.245. The summed E-state index contributed by atoms with van der Waals surface area (Å²) in [5.74, 6) is 0.957. The highest BCUT2D eigenvalue weighted by Gasteiger charge is 2.65. The second-order valence-electron chi connectivity index (χ2n) is 8.70. The molecule has 4 fully saturated rings. The SMILES string of the molecule is C=C(C)C(=C)O[C@@]12CC3CC(OC(=O)C(=C)C)(C[C@](CC)(C3)C1)C2. The average molecular weight is 330 g/mol. The van der Waals surface area contributed by atoms with E-state index in [0.717, 1.165) is 44.1 Å². The second kappa shape index (κ2) is 5.50. The third-order valence-electron chi connectivity index (χ3n) is 6.31. The third-order valence-corrected chi connectivity index (χ3v) is 6.31. The van der Waals surface area contributed by atoms with Crippen LogP contribution in [0.1, 0.15) is 65.7 Å². The predicted octanol–water partition coefficient (Wildman–Crippen LogP) is 5.08. The number of rotatable bonds is 6. The lowest BCUT2D eigenvalue weighted by Crippen LogP contribution is -2.64. The van der Waals surface area contributed by atoms with Crippen LogP contribution in [0.2, 0.25) is 0 Å². The fraction of sp³-hybridized carbons (Fsp3) is 0.667. The fourth-order valence-corrected chi connectivity index (χ4v) is 5.71. The van der Waals surface area contributed by atoms with E-state index in [0.29, 0.717) is 17.3 Å². The molecule has 0 radical (unpaired) electrons. The van der Waals surface area contributed by atoms with Gasteiger partial charge in [0.15, 0.2) is 0 Å². The Labute approximate surface area is 145 Å². The molecule has 0 amide bonds. The Morgan fingerprint density at radius 2 is 1.54 bits per heavy atom. The van der Waals surface area contributed by atoms with Crippen molar-refractivity contribution in [1.29, 1.82) is 0 Å². The first kappa shape index (κ1) is 17.3. The van der Waals surface area contributed by atoms with E-state index in [-0.39, 0.29) is 17.0 Å². The largest absolute Gasteiger partial charge is 0.487 e. The average Bonchev–Trinajstić information content (AvgIpc) is 2.44. The second-order valence-corrected chi connectivity index (χ2v) is 8.70. The van der Waals surface area contributed by atoms with Gasteiger partial charge < -0.3 is 9.47 Å². The van der Waals surface area contributed by atoms with Crippen molar-refractivity contribution in [3.05, 3.63) is 36.6 Å². The number of esters is 1. The Hall–Kier alpha value is -1.51. The van der Waals surface area contributed by atoms with Crippen LogP contribution in [0.5, 0.6) is 0 Å². The Kier molecular flexibility index (Phi) is 3.97. The monoisotopic (exact) mass is 330 g/mol. The maximum atomic E-state index is 12.3. The molecular weight excluding hydrogens is 300 g/mol. The van der Waals surface area contributed by atoms with E-state index in [4.69, 9.17) is 9.47 Å². The van der Waals surface area contributed by atoms with E-state index < -0.39 is 5.60 Å². The predicted molar refractivity (Wildman–Crippen MR) is 95.3 cm³/mol. The van der Waals surface area contributed by atoms with Gasteiger partial charge in [0, 0.05) is 12.0 Å². The van der Waals surface area contributed by atoms with Crippen LogP contribution in [-0.2, 0) is 14.3 Å². The molecule has 3 nitrogen and oxygen atoms in total. The van der Waals surface area contributed by atoms with E-state index in [2.05, 4.69) is 26.7 Å². The zero-order chi connectivity index (χ0) is 17.8. The standard InChI is InChI=1S/C21H30O3/c1-7-19-8-17-9-20(11-19,23-16(6)14(2)3)13-21(10-17,12-19)24-18(22)15(4)5/h17H,2,4,6-13H2,1,3,5H3/t17?,19-,20+,21?/m1/s1. The van der Waals surface area contributed by atoms with Crippen molar-refractivity contribution in [3.63, 3.8) is 0 Å². The highest BCUT2D eigenvalue weighted by molar-refractivity contribution is 5.87. The molecule has 132 valence electrons. The van der Waals surface area contributed by atoms with Crippen LogP contribution in [-0.4, -0.2) is 17.2 Å². The summed E-state index contributed by atoms with van der Waals surface area (Å²) in [4.78, 5) is 12.3. The maximum absolute atomic E-state index is 12.3. The number of carbonyl (C=O) groups excluding carboxylic acids is 1. The minimum absolute atomic E-state index is 0.212. The zero-order valence-electron chi connectivity index (χ0n) is 15.4. The van der Waals surface area contributed by atoms with Crippen molar-refractivity contribution in [2.75, 3.05) is 0 Å². The van der Waals surface area contributed by atoms with Gasteiger partial charge in [0.05, 0.1) is 0 Å². The molecule has 0 N–H and O–H groups in total. The van der Waals surface area contributed by atoms with Gasteiger partial charge >= 0.3 is 5.97 Å². The maximum Gasteiger partial charge on any atom is 0.333 e. The van der Waals surface area contributed by atoms with E-state index in [1.54, 1.807) is 6.92 Å². The summed E-state index contributed by atoms with van der Waals surface area (Å²) in [6.07, 6.45) is 7.07. The first-order chi connectivity index (χ1) is 11.1. The molecular formula is C21H30O3. The molecule has 24 heavy (non-hydrogen) atoms. The summed E-state index contributed by atoms with van der Waals surface area (Å²) in [5.41, 5.74) is 0.882. The first-order valence-corrected chi connectivity index (χ1v) is 9.05. The molecule has 0 aromatic rings. The van der Waals surface area contributed by atoms with Crippen LogP contribution in [0.25, 0.3) is 0 Å². The molecule has 0 aromatic heterocycles. The lowest BCUT2D eigenvalue weighted by atomic mass is 9.45. The first-order valence-electron chi connectivity index (χ1n) is 9.05. The summed E-state index contributed by atoms with van der Waals surface area (Å²) in [6, 6.07) is 0. The van der Waals surface area contributed by atoms with Gasteiger partial charge in [0.1, 0.15) is 17.0 Å². The fourth-order valence-electron chi connectivity index (χ4n) is 5.71. The van der Waals surface area contributed by atoms with Crippen molar-refractivity contribution >= 4 is 5.97 Å². The normalized spacial score (nSPS) is 39.4. The van der Waals surface area contributed by atoms with Gasteiger partial charge in [-0.15, -0.1) is 0 Å². The Morgan fingerprint density at radius 1 is 0.958 bits per heavy atom. The quantitative estimate of drug-likeness (QED) is 0.295. The van der Waals surface area contributed by atoms with Crippen LogP contribution in [0.4, 0.5) is 0 Å². The Morgan fingerprint density at radius 3 is 2.04 bits per heavy atom. The smallest absolute Gasteiger partial charge is 0.333 e. The van der Waals surface area contributed by atoms with Crippen molar-refractivity contribution < 1.29 is 14.3 Å². The number of ether oxygens (including phenoxy) is 2. The molecule has 0 aliphatic heterocycles. The minimum Gasteiger partial charge on any atom is -0.487 e. The number of hydrogen-bond donors (Lipinski definition) is 0. The van der Waals surface area contributed by atoms with Gasteiger partial charge in [-0.25, -0.2) is 4.79 Å². The van der Waals surface area contributed by atoms with E-state index in [9.17, 15) is 4.79 Å². The van der Waals surface area contributed by atoms with E-state index in [1.807, 2.05) is 6.92 Å². The Bertz CT molecular complexity index is 571.